The van der Waals surface area contributed by atoms with Crippen LogP contribution in [0.1, 0.15) is 28.4 Å². The summed E-state index contributed by atoms with van der Waals surface area (Å²) in [5, 5.41) is 4.94. The molecule has 1 aromatic rings. The molecule has 0 unspecified atom stereocenters. The van der Waals surface area contributed by atoms with Crippen LogP contribution in [0.15, 0.2) is 18.2 Å². The van der Waals surface area contributed by atoms with E-state index in [1.165, 1.54) is 6.92 Å². The molecule has 0 radical (unpaired) electrons. The van der Waals surface area contributed by atoms with Crippen LogP contribution in [0.4, 0.5) is 4.79 Å². The zero-order valence-corrected chi connectivity index (χ0v) is 14.4. The molecule has 1 atom stereocenters. The third-order valence-electron chi connectivity index (χ3n) is 3.94. The Hall–Kier alpha value is -2.90. The minimum atomic E-state index is -1.10. The van der Waals surface area contributed by atoms with E-state index in [9.17, 15) is 19.2 Å². The number of urea groups is 1. The van der Waals surface area contributed by atoms with Crippen LogP contribution in [0.5, 0.6) is 0 Å². The van der Waals surface area contributed by atoms with E-state index in [-0.39, 0.29) is 13.1 Å². The fraction of sp³-hybridized carbons (Fsp3) is 0.412. The molecule has 1 heterocycles. The van der Waals surface area contributed by atoms with E-state index in [0.717, 1.165) is 16.0 Å². The number of carbonyl (C=O) groups excluding carboxylic acids is 4. The number of nitrogens with zero attached hydrogens (tertiary/aromatic N) is 1. The predicted octanol–water partition coefficient (Wildman–Crippen LogP) is 0.517. The molecule has 8 nitrogen and oxygen atoms in total. The number of carbonyl (C=O) groups is 4. The predicted molar refractivity (Wildman–Crippen MR) is 88.9 cm³/mol. The third kappa shape index (κ3) is 4.56. The van der Waals surface area contributed by atoms with E-state index >= 15 is 0 Å². The van der Waals surface area contributed by atoms with Crippen LogP contribution in [0.25, 0.3) is 0 Å². The molecule has 2 rings (SSSR count). The van der Waals surface area contributed by atoms with Gasteiger partial charge in [0.15, 0.2) is 6.10 Å². The lowest BCUT2D eigenvalue weighted by Crippen LogP contribution is -2.43. The summed E-state index contributed by atoms with van der Waals surface area (Å²) in [5.74, 6) is -1.75. The zero-order valence-electron chi connectivity index (χ0n) is 14.4. The van der Waals surface area contributed by atoms with Crippen molar-refractivity contribution in [1.29, 1.82) is 0 Å². The molecule has 0 aromatic heterocycles. The highest BCUT2D eigenvalue weighted by atomic mass is 16.5. The zero-order chi connectivity index (χ0) is 18.6. The summed E-state index contributed by atoms with van der Waals surface area (Å²) in [6, 6.07) is 4.72. The molecule has 1 saturated heterocycles. The van der Waals surface area contributed by atoms with Crippen LogP contribution in [-0.2, 0) is 14.3 Å². The van der Waals surface area contributed by atoms with Gasteiger partial charge in [-0.3, -0.25) is 19.3 Å². The number of amides is 4. The van der Waals surface area contributed by atoms with E-state index in [0.29, 0.717) is 12.1 Å². The Bertz CT molecular complexity index is 716. The molecule has 1 fully saturated rings. The SMILES string of the molecule is Cc1ccc(C(=O)NCC(=O)O[C@@H](C)C(=O)N2CCNC2=O)cc1C. The number of esters is 1. The van der Waals surface area contributed by atoms with Gasteiger partial charge in [0.1, 0.15) is 6.54 Å². The lowest BCUT2D eigenvalue weighted by molar-refractivity contribution is -0.156. The molecular weight excluding hydrogens is 326 g/mol. The molecule has 8 heteroatoms. The molecule has 1 aliphatic heterocycles. The van der Waals surface area contributed by atoms with Crippen molar-refractivity contribution in [2.75, 3.05) is 19.6 Å². The first-order valence-corrected chi connectivity index (χ1v) is 7.93. The lowest BCUT2D eigenvalue weighted by Gasteiger charge is -2.18. The molecule has 25 heavy (non-hydrogen) atoms. The van der Waals surface area contributed by atoms with Crippen molar-refractivity contribution < 1.29 is 23.9 Å². The molecule has 0 bridgehead atoms. The topological polar surface area (TPSA) is 105 Å². The average Bonchev–Trinajstić information content (AvgIpc) is 3.00. The first-order valence-electron chi connectivity index (χ1n) is 7.93. The second kappa shape index (κ2) is 7.78. The summed E-state index contributed by atoms with van der Waals surface area (Å²) in [4.78, 5) is 48.3. The van der Waals surface area contributed by atoms with Crippen LogP contribution >= 0.6 is 0 Å². The number of nitrogens with one attached hydrogen (secondary N) is 2. The number of hydrogen-bond acceptors (Lipinski definition) is 5. The lowest BCUT2D eigenvalue weighted by atomic mass is 10.1. The maximum atomic E-state index is 12.0. The third-order valence-corrected chi connectivity index (χ3v) is 3.94. The maximum absolute atomic E-state index is 12.0. The van der Waals surface area contributed by atoms with Gasteiger partial charge < -0.3 is 15.4 Å². The number of aryl methyl sites for hydroxylation is 2. The minimum absolute atomic E-state index is 0.239. The fourth-order valence-corrected chi connectivity index (χ4v) is 2.33. The normalized spacial score (nSPS) is 14.7. The second-order valence-electron chi connectivity index (χ2n) is 5.84. The minimum Gasteiger partial charge on any atom is -0.451 e. The smallest absolute Gasteiger partial charge is 0.326 e. The number of benzene rings is 1. The number of ether oxygens (including phenoxy) is 1. The molecule has 2 N–H and O–H groups in total. The van der Waals surface area contributed by atoms with Gasteiger partial charge in [0, 0.05) is 18.7 Å². The highest BCUT2D eigenvalue weighted by Crippen LogP contribution is 2.09. The summed E-state index contributed by atoms with van der Waals surface area (Å²) in [6.07, 6.45) is -1.10. The summed E-state index contributed by atoms with van der Waals surface area (Å²) in [5.41, 5.74) is 2.47. The van der Waals surface area contributed by atoms with E-state index in [1.807, 2.05) is 19.9 Å². The molecule has 0 saturated carbocycles. The number of rotatable bonds is 5. The van der Waals surface area contributed by atoms with Crippen molar-refractivity contribution in [3.05, 3.63) is 34.9 Å². The summed E-state index contributed by atoms with van der Waals surface area (Å²) < 4.78 is 4.98. The van der Waals surface area contributed by atoms with Gasteiger partial charge in [0.05, 0.1) is 0 Å². The van der Waals surface area contributed by atoms with Gasteiger partial charge in [-0.15, -0.1) is 0 Å². The molecule has 0 spiro atoms. The molecule has 1 aromatic carbocycles. The largest absolute Gasteiger partial charge is 0.451 e. The van der Waals surface area contributed by atoms with Crippen molar-refractivity contribution in [2.45, 2.75) is 26.9 Å². The molecule has 4 amide bonds. The quantitative estimate of drug-likeness (QED) is 0.756. The Morgan fingerprint density at radius 2 is 2.00 bits per heavy atom. The van der Waals surface area contributed by atoms with Gasteiger partial charge in [-0.2, -0.15) is 0 Å². The van der Waals surface area contributed by atoms with Gasteiger partial charge >= 0.3 is 12.0 Å². The van der Waals surface area contributed by atoms with Gasteiger partial charge in [0.2, 0.25) is 0 Å². The van der Waals surface area contributed by atoms with Crippen molar-refractivity contribution in [2.24, 2.45) is 0 Å². The second-order valence-corrected chi connectivity index (χ2v) is 5.84. The first-order chi connectivity index (χ1) is 11.8. The van der Waals surface area contributed by atoms with Crippen LogP contribution < -0.4 is 10.6 Å². The summed E-state index contributed by atoms with van der Waals surface area (Å²) >= 11 is 0. The Morgan fingerprint density at radius 1 is 1.28 bits per heavy atom. The molecule has 134 valence electrons. The van der Waals surface area contributed by atoms with Crippen molar-refractivity contribution >= 4 is 23.8 Å². The van der Waals surface area contributed by atoms with Crippen LogP contribution in [-0.4, -0.2) is 54.5 Å². The van der Waals surface area contributed by atoms with Gasteiger partial charge in [-0.1, -0.05) is 6.07 Å². The van der Waals surface area contributed by atoms with E-state index in [2.05, 4.69) is 10.6 Å². The fourth-order valence-electron chi connectivity index (χ4n) is 2.33. The van der Waals surface area contributed by atoms with Crippen LogP contribution in [0.2, 0.25) is 0 Å². The van der Waals surface area contributed by atoms with Crippen LogP contribution in [0, 0.1) is 13.8 Å². The Morgan fingerprint density at radius 3 is 2.60 bits per heavy atom. The standard InChI is InChI=1S/C17H21N3O5/c1-10-4-5-13(8-11(10)2)15(22)19-9-14(21)25-12(3)16(23)20-7-6-18-17(20)24/h4-5,8,12H,6-7,9H2,1-3H3,(H,18,24)(H,19,22)/t12-/m0/s1. The Balaban J connectivity index is 1.83. The van der Waals surface area contributed by atoms with E-state index in [4.69, 9.17) is 4.74 Å². The molecule has 1 aliphatic rings. The van der Waals surface area contributed by atoms with Gasteiger partial charge in [-0.25, -0.2) is 4.79 Å². The van der Waals surface area contributed by atoms with E-state index < -0.39 is 29.9 Å². The first kappa shape index (κ1) is 18.4. The molecule has 0 aliphatic carbocycles. The van der Waals surface area contributed by atoms with Crippen molar-refractivity contribution in [1.82, 2.24) is 15.5 Å². The van der Waals surface area contributed by atoms with Crippen molar-refractivity contribution in [3.8, 4) is 0 Å². The Kier molecular flexibility index (Phi) is 5.74. The number of imide groups is 1. The van der Waals surface area contributed by atoms with Crippen LogP contribution in [0.3, 0.4) is 0 Å². The van der Waals surface area contributed by atoms with Gasteiger partial charge in [-0.05, 0) is 44.0 Å². The maximum Gasteiger partial charge on any atom is 0.326 e. The highest BCUT2D eigenvalue weighted by Gasteiger charge is 2.31. The van der Waals surface area contributed by atoms with Gasteiger partial charge in [0.25, 0.3) is 11.8 Å². The Labute approximate surface area is 145 Å². The number of hydrogen-bond donors (Lipinski definition) is 2. The van der Waals surface area contributed by atoms with E-state index in [1.54, 1.807) is 12.1 Å². The van der Waals surface area contributed by atoms with Crippen molar-refractivity contribution in [3.63, 3.8) is 0 Å². The summed E-state index contributed by atoms with van der Waals surface area (Å²) in [6.45, 7) is 5.46. The monoisotopic (exact) mass is 347 g/mol. The molecular formula is C17H21N3O5. The summed E-state index contributed by atoms with van der Waals surface area (Å²) in [7, 11) is 0. The highest BCUT2D eigenvalue weighted by molar-refractivity contribution is 5.99. The average molecular weight is 347 g/mol.